The van der Waals surface area contributed by atoms with Crippen LogP contribution in [0.4, 0.5) is 5.82 Å². The number of nitrogens with zero attached hydrogens (tertiary/aromatic N) is 2. The van der Waals surface area contributed by atoms with Crippen LogP contribution in [0.5, 0.6) is 0 Å². The van der Waals surface area contributed by atoms with Crippen molar-refractivity contribution in [1.29, 1.82) is 0 Å². The number of hydrogen-bond acceptors (Lipinski definition) is 3. The molecule has 2 aromatic heterocycles. The summed E-state index contributed by atoms with van der Waals surface area (Å²) < 4.78 is 3.24. The number of halogens is 1. The number of nitrogens with one attached hydrogen (secondary N) is 1. The van der Waals surface area contributed by atoms with E-state index in [-0.39, 0.29) is 0 Å². The van der Waals surface area contributed by atoms with Crippen molar-refractivity contribution >= 4 is 33.1 Å². The van der Waals surface area contributed by atoms with Gasteiger partial charge in [-0.3, -0.25) is 0 Å². The molecule has 5 heteroatoms. The van der Waals surface area contributed by atoms with Crippen molar-refractivity contribution < 1.29 is 0 Å². The minimum Gasteiger partial charge on any atom is -0.369 e. The Labute approximate surface area is 148 Å². The first-order valence-electron chi connectivity index (χ1n) is 7.86. The largest absolute Gasteiger partial charge is 0.369 e. The van der Waals surface area contributed by atoms with Crippen LogP contribution < -0.4 is 5.32 Å². The highest BCUT2D eigenvalue weighted by Crippen LogP contribution is 2.39. The average Bonchev–Trinajstić information content (AvgIpc) is 3.23. The fraction of sp³-hybridized carbons (Fsp3) is 0.278. The summed E-state index contributed by atoms with van der Waals surface area (Å²) in [6, 6.07) is 12.8. The molecule has 0 atom stereocenters. The summed E-state index contributed by atoms with van der Waals surface area (Å²) in [4.78, 5) is 1.22. The molecule has 3 nitrogen and oxygen atoms in total. The summed E-state index contributed by atoms with van der Waals surface area (Å²) >= 11 is 5.30. The van der Waals surface area contributed by atoms with Gasteiger partial charge in [0.2, 0.25) is 0 Å². The molecule has 3 heterocycles. The second-order valence-corrected chi connectivity index (χ2v) is 8.54. The monoisotopic (exact) mass is 387 g/mol. The van der Waals surface area contributed by atoms with Crippen molar-refractivity contribution in [3.8, 4) is 16.3 Å². The van der Waals surface area contributed by atoms with Gasteiger partial charge in [0.05, 0.1) is 14.4 Å². The summed E-state index contributed by atoms with van der Waals surface area (Å²) in [5, 5.41) is 8.50. The van der Waals surface area contributed by atoms with Gasteiger partial charge in [0.1, 0.15) is 11.5 Å². The van der Waals surface area contributed by atoms with Crippen LogP contribution >= 0.6 is 27.3 Å². The smallest absolute Gasteiger partial charge is 0.133 e. The van der Waals surface area contributed by atoms with Crippen molar-refractivity contribution in [2.75, 3.05) is 11.9 Å². The Morgan fingerprint density at radius 2 is 2.04 bits per heavy atom. The summed E-state index contributed by atoms with van der Waals surface area (Å²) in [6.45, 7) is 5.44. The van der Waals surface area contributed by atoms with Gasteiger partial charge in [-0.15, -0.1) is 11.3 Å². The molecule has 0 saturated carbocycles. The second kappa shape index (κ2) is 5.80. The molecule has 0 radical (unpaired) electrons. The Morgan fingerprint density at radius 1 is 1.22 bits per heavy atom. The summed E-state index contributed by atoms with van der Waals surface area (Å²) in [5.41, 5.74) is 4.94. The molecule has 0 amide bonds. The predicted molar refractivity (Wildman–Crippen MR) is 101 cm³/mol. The van der Waals surface area contributed by atoms with E-state index in [4.69, 9.17) is 5.10 Å². The lowest BCUT2D eigenvalue weighted by Crippen LogP contribution is -2.07. The number of aromatic nitrogens is 2. The quantitative estimate of drug-likeness (QED) is 0.646. The third-order valence-corrected chi connectivity index (χ3v) is 5.87. The highest BCUT2D eigenvalue weighted by Gasteiger charge is 2.25. The normalized spacial score (nSPS) is 13.4. The van der Waals surface area contributed by atoms with Crippen molar-refractivity contribution in [3.05, 3.63) is 51.3 Å². The van der Waals surface area contributed by atoms with E-state index in [1.54, 1.807) is 11.3 Å². The van der Waals surface area contributed by atoms with Crippen LogP contribution in [0, 0.1) is 0 Å². The summed E-state index contributed by atoms with van der Waals surface area (Å²) in [5.74, 6) is 1.62. The van der Waals surface area contributed by atoms with Gasteiger partial charge in [0.15, 0.2) is 0 Å². The molecule has 0 bridgehead atoms. The zero-order valence-corrected chi connectivity index (χ0v) is 15.5. The summed E-state index contributed by atoms with van der Waals surface area (Å²) in [7, 11) is 0. The van der Waals surface area contributed by atoms with Crippen LogP contribution in [0.2, 0.25) is 0 Å². The fourth-order valence-electron chi connectivity index (χ4n) is 3.16. The lowest BCUT2D eigenvalue weighted by Gasteiger charge is -2.14. The first-order chi connectivity index (χ1) is 11.1. The topological polar surface area (TPSA) is 29.9 Å². The molecule has 4 rings (SSSR count). The Morgan fingerprint density at radius 3 is 2.78 bits per heavy atom. The van der Waals surface area contributed by atoms with Crippen molar-refractivity contribution in [3.63, 3.8) is 0 Å². The van der Waals surface area contributed by atoms with Gasteiger partial charge in [-0.05, 0) is 52.0 Å². The molecule has 0 spiro atoms. The molecule has 1 aliphatic heterocycles. The highest BCUT2D eigenvalue weighted by atomic mass is 79.9. The molecule has 0 fully saturated rings. The molecular formula is C18H18BrN3S. The predicted octanol–water partition coefficient (Wildman–Crippen LogP) is 5.45. The van der Waals surface area contributed by atoms with Gasteiger partial charge < -0.3 is 5.32 Å². The Hall–Kier alpha value is -1.59. The number of hydrogen-bond donors (Lipinski definition) is 1. The van der Waals surface area contributed by atoms with Crippen molar-refractivity contribution in [2.24, 2.45) is 0 Å². The Kier molecular flexibility index (Phi) is 3.77. The highest BCUT2D eigenvalue weighted by molar-refractivity contribution is 9.11. The molecular weight excluding hydrogens is 370 g/mol. The number of anilines is 1. The van der Waals surface area contributed by atoms with E-state index in [0.717, 1.165) is 28.3 Å². The number of thiophene rings is 1. The number of benzene rings is 1. The molecule has 3 aromatic rings. The standard InChI is InChI=1S/C18H18BrN3S/c1-11(2)12-5-3-4-6-14(12)22-18-13(9-10-20-18)17(21-22)15-7-8-16(19)23-15/h3-8,11,20H,9-10H2,1-2H3. The third-order valence-electron chi connectivity index (χ3n) is 4.24. The molecule has 1 aliphatic rings. The van der Waals surface area contributed by atoms with Gasteiger partial charge in [0, 0.05) is 12.1 Å². The Balaban J connectivity index is 1.91. The second-order valence-electron chi connectivity index (χ2n) is 6.08. The number of fused-ring (bicyclic) bond motifs is 1. The maximum absolute atomic E-state index is 4.97. The fourth-order valence-corrected chi connectivity index (χ4v) is 4.56. The minimum absolute atomic E-state index is 0.465. The van der Waals surface area contributed by atoms with E-state index in [2.05, 4.69) is 76.2 Å². The first-order valence-corrected chi connectivity index (χ1v) is 9.47. The molecule has 23 heavy (non-hydrogen) atoms. The average molecular weight is 388 g/mol. The van der Waals surface area contributed by atoms with E-state index in [1.807, 2.05) is 0 Å². The maximum atomic E-state index is 4.97. The van der Waals surface area contributed by atoms with Gasteiger partial charge in [-0.1, -0.05) is 32.0 Å². The molecule has 0 unspecified atom stereocenters. The molecule has 0 aliphatic carbocycles. The van der Waals surface area contributed by atoms with Gasteiger partial charge >= 0.3 is 0 Å². The van der Waals surface area contributed by atoms with Crippen LogP contribution in [-0.4, -0.2) is 16.3 Å². The SMILES string of the molecule is CC(C)c1ccccc1-n1nc(-c2ccc(Br)s2)c2c1NCC2. The number of rotatable bonds is 3. The minimum atomic E-state index is 0.465. The van der Waals surface area contributed by atoms with Crippen molar-refractivity contribution in [1.82, 2.24) is 9.78 Å². The molecule has 1 N–H and O–H groups in total. The zero-order valence-electron chi connectivity index (χ0n) is 13.1. The van der Waals surface area contributed by atoms with Crippen LogP contribution in [0.3, 0.4) is 0 Å². The van der Waals surface area contributed by atoms with Gasteiger partial charge in [-0.2, -0.15) is 5.10 Å². The van der Waals surface area contributed by atoms with Crippen LogP contribution in [0.15, 0.2) is 40.2 Å². The number of para-hydroxylation sites is 1. The van der Waals surface area contributed by atoms with Crippen molar-refractivity contribution in [2.45, 2.75) is 26.2 Å². The van der Waals surface area contributed by atoms with E-state index in [9.17, 15) is 0 Å². The lowest BCUT2D eigenvalue weighted by molar-refractivity contribution is 0.812. The first kappa shape index (κ1) is 15.0. The van der Waals surface area contributed by atoms with Crippen LogP contribution in [-0.2, 0) is 6.42 Å². The van der Waals surface area contributed by atoms with E-state index < -0.39 is 0 Å². The van der Waals surface area contributed by atoms with E-state index in [1.165, 1.54) is 21.7 Å². The van der Waals surface area contributed by atoms with E-state index in [0.29, 0.717) is 5.92 Å². The lowest BCUT2D eigenvalue weighted by atomic mass is 10.0. The van der Waals surface area contributed by atoms with Crippen LogP contribution in [0.1, 0.15) is 30.9 Å². The molecule has 0 saturated heterocycles. The zero-order chi connectivity index (χ0) is 16.0. The van der Waals surface area contributed by atoms with Crippen LogP contribution in [0.25, 0.3) is 16.3 Å². The maximum Gasteiger partial charge on any atom is 0.133 e. The van der Waals surface area contributed by atoms with Gasteiger partial charge in [-0.25, -0.2) is 4.68 Å². The third kappa shape index (κ3) is 2.52. The Bertz CT molecular complexity index is 863. The summed E-state index contributed by atoms with van der Waals surface area (Å²) in [6.07, 6.45) is 1.03. The van der Waals surface area contributed by atoms with E-state index >= 15 is 0 Å². The van der Waals surface area contributed by atoms with Gasteiger partial charge in [0.25, 0.3) is 0 Å². The molecule has 118 valence electrons. The molecule has 1 aromatic carbocycles.